The lowest BCUT2D eigenvalue weighted by atomic mass is 9.74. The second-order valence-corrected chi connectivity index (χ2v) is 5.49. The van der Waals surface area contributed by atoms with Crippen molar-refractivity contribution in [2.24, 2.45) is 11.7 Å². The van der Waals surface area contributed by atoms with Gasteiger partial charge in [-0.15, -0.1) is 0 Å². The van der Waals surface area contributed by atoms with Gasteiger partial charge >= 0.3 is 0 Å². The quantitative estimate of drug-likeness (QED) is 0.775. The van der Waals surface area contributed by atoms with Crippen LogP contribution in [0.4, 0.5) is 0 Å². The topological polar surface area (TPSA) is 29.3 Å². The van der Waals surface area contributed by atoms with Crippen LogP contribution in [-0.4, -0.2) is 30.1 Å². The van der Waals surface area contributed by atoms with Crippen LogP contribution in [0.15, 0.2) is 0 Å². The largest absolute Gasteiger partial charge is 0.329 e. The Kier molecular flexibility index (Phi) is 3.68. The summed E-state index contributed by atoms with van der Waals surface area (Å²) >= 11 is 0. The van der Waals surface area contributed by atoms with Gasteiger partial charge in [0.15, 0.2) is 0 Å². The highest BCUT2D eigenvalue weighted by atomic mass is 15.2. The van der Waals surface area contributed by atoms with Crippen LogP contribution in [0, 0.1) is 5.92 Å². The van der Waals surface area contributed by atoms with Gasteiger partial charge in [-0.2, -0.15) is 0 Å². The van der Waals surface area contributed by atoms with Crippen molar-refractivity contribution in [3.8, 4) is 0 Å². The van der Waals surface area contributed by atoms with Crippen molar-refractivity contribution in [1.82, 2.24) is 4.90 Å². The highest BCUT2D eigenvalue weighted by molar-refractivity contribution is 4.97. The van der Waals surface area contributed by atoms with Crippen molar-refractivity contribution in [1.29, 1.82) is 0 Å². The summed E-state index contributed by atoms with van der Waals surface area (Å²) in [5.41, 5.74) is 6.48. The summed E-state index contributed by atoms with van der Waals surface area (Å²) in [5, 5.41) is 0. The van der Waals surface area contributed by atoms with Gasteiger partial charge in [-0.05, 0) is 44.7 Å². The van der Waals surface area contributed by atoms with Gasteiger partial charge in [0.25, 0.3) is 0 Å². The van der Waals surface area contributed by atoms with Gasteiger partial charge in [-0.25, -0.2) is 0 Å². The molecule has 0 bridgehead atoms. The Balaban J connectivity index is 2.05. The molecule has 2 N–H and O–H groups in total. The van der Waals surface area contributed by atoms with Crippen LogP contribution in [0.5, 0.6) is 0 Å². The first-order chi connectivity index (χ1) is 7.30. The zero-order valence-corrected chi connectivity index (χ0v) is 10.2. The summed E-state index contributed by atoms with van der Waals surface area (Å²) in [6.45, 7) is 5.81. The van der Waals surface area contributed by atoms with Crippen LogP contribution in [0.1, 0.15) is 51.9 Å². The minimum atomic E-state index is 0.384. The summed E-state index contributed by atoms with van der Waals surface area (Å²) < 4.78 is 0. The van der Waals surface area contributed by atoms with E-state index in [2.05, 4.69) is 11.8 Å². The van der Waals surface area contributed by atoms with Gasteiger partial charge in [-0.1, -0.05) is 26.2 Å². The van der Waals surface area contributed by atoms with Crippen molar-refractivity contribution < 1.29 is 0 Å². The minimum Gasteiger partial charge on any atom is -0.329 e. The molecular weight excluding hydrogens is 184 g/mol. The highest BCUT2D eigenvalue weighted by Gasteiger charge is 2.40. The SMILES string of the molecule is CCC1CCCC(CN)(N2CCCC2)C1. The third-order valence-electron chi connectivity index (χ3n) is 4.66. The molecule has 2 nitrogen and oxygen atoms in total. The first-order valence-corrected chi connectivity index (χ1v) is 6.76. The molecule has 15 heavy (non-hydrogen) atoms. The third-order valence-corrected chi connectivity index (χ3v) is 4.66. The molecule has 2 fully saturated rings. The van der Waals surface area contributed by atoms with E-state index in [0.717, 1.165) is 12.5 Å². The molecule has 2 atom stereocenters. The van der Waals surface area contributed by atoms with Gasteiger partial charge in [0.1, 0.15) is 0 Å². The number of rotatable bonds is 3. The van der Waals surface area contributed by atoms with E-state index in [4.69, 9.17) is 5.73 Å². The van der Waals surface area contributed by atoms with Crippen molar-refractivity contribution in [3.63, 3.8) is 0 Å². The molecule has 1 saturated carbocycles. The van der Waals surface area contributed by atoms with E-state index in [1.54, 1.807) is 0 Å². The molecule has 0 aromatic rings. The predicted molar refractivity (Wildman–Crippen MR) is 64.8 cm³/mol. The lowest BCUT2D eigenvalue weighted by molar-refractivity contribution is 0.0547. The predicted octanol–water partition coefficient (Wildman–Crippen LogP) is 2.38. The maximum absolute atomic E-state index is 6.09. The Bertz CT molecular complexity index is 199. The van der Waals surface area contributed by atoms with Crippen LogP contribution in [-0.2, 0) is 0 Å². The number of nitrogens with zero attached hydrogens (tertiary/aromatic N) is 1. The molecule has 1 aliphatic heterocycles. The fourth-order valence-corrected chi connectivity index (χ4v) is 3.60. The molecule has 2 aliphatic rings. The van der Waals surface area contributed by atoms with Gasteiger partial charge in [-0.3, -0.25) is 4.90 Å². The maximum atomic E-state index is 6.09. The summed E-state index contributed by atoms with van der Waals surface area (Å²) in [6, 6.07) is 0. The van der Waals surface area contributed by atoms with Crippen molar-refractivity contribution in [3.05, 3.63) is 0 Å². The smallest absolute Gasteiger partial charge is 0.0334 e. The number of nitrogens with two attached hydrogens (primary N) is 1. The summed E-state index contributed by atoms with van der Waals surface area (Å²) in [6.07, 6.45) is 9.66. The van der Waals surface area contributed by atoms with E-state index in [1.807, 2.05) is 0 Å². The molecule has 0 aromatic carbocycles. The zero-order chi connectivity index (χ0) is 10.7. The molecule has 1 saturated heterocycles. The van der Waals surface area contributed by atoms with Gasteiger partial charge in [0.05, 0.1) is 0 Å². The van der Waals surface area contributed by atoms with Crippen LogP contribution < -0.4 is 5.73 Å². The molecule has 2 rings (SSSR count). The van der Waals surface area contributed by atoms with E-state index in [9.17, 15) is 0 Å². The molecule has 2 unspecified atom stereocenters. The Morgan fingerprint density at radius 1 is 1.27 bits per heavy atom. The average molecular weight is 210 g/mol. The van der Waals surface area contributed by atoms with Crippen LogP contribution in [0.2, 0.25) is 0 Å². The average Bonchev–Trinajstić information content (AvgIpc) is 2.83. The molecule has 88 valence electrons. The fourth-order valence-electron chi connectivity index (χ4n) is 3.60. The molecule has 1 aliphatic carbocycles. The molecule has 0 radical (unpaired) electrons. The summed E-state index contributed by atoms with van der Waals surface area (Å²) in [4.78, 5) is 2.70. The second kappa shape index (κ2) is 4.84. The normalized spacial score (nSPS) is 38.4. The molecule has 0 amide bonds. The first kappa shape index (κ1) is 11.4. The van der Waals surface area contributed by atoms with E-state index in [1.165, 1.54) is 58.0 Å². The van der Waals surface area contributed by atoms with Crippen LogP contribution >= 0.6 is 0 Å². The van der Waals surface area contributed by atoms with Gasteiger partial charge in [0, 0.05) is 12.1 Å². The summed E-state index contributed by atoms with van der Waals surface area (Å²) in [5.74, 6) is 0.933. The van der Waals surface area contributed by atoms with Crippen LogP contribution in [0.25, 0.3) is 0 Å². The lowest BCUT2D eigenvalue weighted by Crippen LogP contribution is -2.55. The van der Waals surface area contributed by atoms with E-state index < -0.39 is 0 Å². The number of hydrogen-bond donors (Lipinski definition) is 1. The lowest BCUT2D eigenvalue weighted by Gasteiger charge is -2.46. The van der Waals surface area contributed by atoms with E-state index in [0.29, 0.717) is 5.54 Å². The molecule has 0 aromatic heterocycles. The third kappa shape index (κ3) is 2.21. The Morgan fingerprint density at radius 3 is 2.60 bits per heavy atom. The fraction of sp³-hybridized carbons (Fsp3) is 1.00. The Labute approximate surface area is 94.2 Å². The van der Waals surface area contributed by atoms with E-state index in [-0.39, 0.29) is 0 Å². The highest BCUT2D eigenvalue weighted by Crippen LogP contribution is 2.39. The van der Waals surface area contributed by atoms with Gasteiger partial charge < -0.3 is 5.73 Å². The monoisotopic (exact) mass is 210 g/mol. The Hall–Kier alpha value is -0.0800. The first-order valence-electron chi connectivity index (χ1n) is 6.76. The number of hydrogen-bond acceptors (Lipinski definition) is 2. The van der Waals surface area contributed by atoms with Gasteiger partial charge in [0.2, 0.25) is 0 Å². The van der Waals surface area contributed by atoms with E-state index >= 15 is 0 Å². The molecule has 1 heterocycles. The number of likely N-dealkylation sites (tertiary alicyclic amines) is 1. The molecular formula is C13H26N2. The van der Waals surface area contributed by atoms with Crippen molar-refractivity contribution in [2.45, 2.75) is 57.4 Å². The maximum Gasteiger partial charge on any atom is 0.0334 e. The second-order valence-electron chi connectivity index (χ2n) is 5.49. The van der Waals surface area contributed by atoms with Crippen molar-refractivity contribution >= 4 is 0 Å². The van der Waals surface area contributed by atoms with Crippen LogP contribution in [0.3, 0.4) is 0 Å². The minimum absolute atomic E-state index is 0.384. The van der Waals surface area contributed by atoms with Crippen molar-refractivity contribution in [2.75, 3.05) is 19.6 Å². The molecule has 0 spiro atoms. The standard InChI is InChI=1S/C13H26N2/c1-2-12-6-5-7-13(10-12,11-14)15-8-3-4-9-15/h12H,2-11,14H2,1H3. The Morgan fingerprint density at radius 2 is 2.00 bits per heavy atom. The molecule has 2 heteroatoms. The summed E-state index contributed by atoms with van der Waals surface area (Å²) in [7, 11) is 0. The zero-order valence-electron chi connectivity index (χ0n) is 10.2.